The number of carbonyl (C=O) groups is 3. The number of esters is 1. The van der Waals surface area contributed by atoms with Crippen molar-refractivity contribution >= 4 is 34.0 Å². The molecule has 0 saturated heterocycles. The molecule has 0 radical (unpaired) electrons. The van der Waals surface area contributed by atoms with Crippen LogP contribution < -0.4 is 10.6 Å². The van der Waals surface area contributed by atoms with Gasteiger partial charge >= 0.3 is 5.97 Å². The van der Waals surface area contributed by atoms with Crippen molar-refractivity contribution in [1.29, 1.82) is 0 Å². The van der Waals surface area contributed by atoms with Crippen LogP contribution in [0.4, 0.5) is 5.00 Å². The van der Waals surface area contributed by atoms with Crippen LogP contribution in [-0.2, 0) is 16.7 Å². The molecule has 2 aromatic rings. The summed E-state index contributed by atoms with van der Waals surface area (Å²) in [6.07, 6.45) is 0.652. The zero-order valence-corrected chi connectivity index (χ0v) is 19.1. The quantitative estimate of drug-likeness (QED) is 0.540. The molecule has 3 rings (SSSR count). The van der Waals surface area contributed by atoms with Crippen molar-refractivity contribution in [2.24, 2.45) is 0 Å². The second-order valence-corrected chi connectivity index (χ2v) is 9.75. The fourth-order valence-corrected chi connectivity index (χ4v) is 5.33. The number of benzene rings is 1. The molecule has 0 atom stereocenters. The van der Waals surface area contributed by atoms with Gasteiger partial charge in [-0.25, -0.2) is 4.79 Å². The predicted octanol–water partition coefficient (Wildman–Crippen LogP) is 4.54. The standard InChI is InChI=1S/C23H28N2O4S/c1-7-29-21(28)17-16-12-22(3,4)25-23(5,6)18(16)30-20(17)24-19(27)15-10-8-14(9-11-15)13(2)26/h8-11,25H,7,12H2,1-6H3,(H,24,27). The molecule has 1 aromatic heterocycles. The maximum absolute atomic E-state index is 12.9. The first-order valence-electron chi connectivity index (χ1n) is 10.00. The number of ether oxygens (including phenoxy) is 1. The number of thiophene rings is 1. The van der Waals surface area contributed by atoms with Gasteiger partial charge in [-0.3, -0.25) is 9.59 Å². The van der Waals surface area contributed by atoms with E-state index in [0.717, 1.165) is 10.4 Å². The van der Waals surface area contributed by atoms with Crippen LogP contribution in [0.15, 0.2) is 24.3 Å². The molecule has 0 spiro atoms. The van der Waals surface area contributed by atoms with Gasteiger partial charge in [-0.1, -0.05) is 12.1 Å². The van der Waals surface area contributed by atoms with Crippen molar-refractivity contribution in [3.8, 4) is 0 Å². The number of Topliss-reactive ketones (excluding diaryl/α,β-unsaturated/α-hetero) is 1. The van der Waals surface area contributed by atoms with E-state index in [1.807, 2.05) is 0 Å². The Bertz CT molecular complexity index is 1000. The third-order valence-corrected chi connectivity index (χ3v) is 6.58. The lowest BCUT2D eigenvalue weighted by Gasteiger charge is -2.42. The molecule has 160 valence electrons. The lowest BCUT2D eigenvalue weighted by atomic mass is 9.81. The van der Waals surface area contributed by atoms with Gasteiger partial charge < -0.3 is 15.4 Å². The van der Waals surface area contributed by atoms with Gasteiger partial charge in [0.15, 0.2) is 5.78 Å². The first kappa shape index (κ1) is 22.2. The van der Waals surface area contributed by atoms with Gasteiger partial charge in [0.25, 0.3) is 5.91 Å². The highest BCUT2D eigenvalue weighted by Crippen LogP contribution is 2.45. The summed E-state index contributed by atoms with van der Waals surface area (Å²) in [7, 11) is 0. The number of anilines is 1. The molecule has 1 aromatic carbocycles. The van der Waals surface area contributed by atoms with Gasteiger partial charge in [-0.2, -0.15) is 0 Å². The Morgan fingerprint density at radius 1 is 1.10 bits per heavy atom. The largest absolute Gasteiger partial charge is 0.462 e. The second kappa shape index (κ2) is 7.96. The summed E-state index contributed by atoms with van der Waals surface area (Å²) in [5.41, 5.74) is 1.76. The maximum atomic E-state index is 12.9. The minimum atomic E-state index is -0.425. The molecule has 7 heteroatoms. The molecule has 0 saturated carbocycles. The third-order valence-electron chi connectivity index (χ3n) is 5.10. The van der Waals surface area contributed by atoms with Crippen LogP contribution in [0.2, 0.25) is 0 Å². The van der Waals surface area contributed by atoms with Gasteiger partial charge in [-0.15, -0.1) is 11.3 Å². The Kier molecular flexibility index (Phi) is 5.89. The van der Waals surface area contributed by atoms with Crippen molar-refractivity contribution in [3.63, 3.8) is 0 Å². The Morgan fingerprint density at radius 2 is 1.70 bits per heavy atom. The van der Waals surface area contributed by atoms with Crippen LogP contribution in [0.5, 0.6) is 0 Å². The number of hydrogen-bond donors (Lipinski definition) is 2. The van der Waals surface area contributed by atoms with Gasteiger partial charge in [0, 0.05) is 27.1 Å². The average Bonchev–Trinajstić information content (AvgIpc) is 2.99. The molecule has 2 heterocycles. The van der Waals surface area contributed by atoms with Crippen LogP contribution in [-0.4, -0.2) is 29.8 Å². The zero-order valence-electron chi connectivity index (χ0n) is 18.3. The minimum absolute atomic E-state index is 0.0603. The van der Waals surface area contributed by atoms with Crippen molar-refractivity contribution in [2.75, 3.05) is 11.9 Å². The van der Waals surface area contributed by atoms with E-state index < -0.39 is 5.97 Å². The van der Waals surface area contributed by atoms with E-state index in [9.17, 15) is 14.4 Å². The lowest BCUT2D eigenvalue weighted by molar-refractivity contribution is 0.0525. The van der Waals surface area contributed by atoms with E-state index in [1.54, 1.807) is 31.2 Å². The number of carbonyl (C=O) groups excluding carboxylic acids is 3. The molecule has 0 bridgehead atoms. The Balaban J connectivity index is 2.02. The summed E-state index contributed by atoms with van der Waals surface area (Å²) in [4.78, 5) is 38.2. The van der Waals surface area contributed by atoms with Crippen molar-refractivity contribution in [2.45, 2.75) is 59.0 Å². The van der Waals surface area contributed by atoms with Crippen LogP contribution in [0.1, 0.15) is 83.1 Å². The summed E-state index contributed by atoms with van der Waals surface area (Å²) in [5, 5.41) is 7.01. The first-order valence-corrected chi connectivity index (χ1v) is 10.8. The number of rotatable bonds is 5. The Labute approximate surface area is 181 Å². The molecule has 30 heavy (non-hydrogen) atoms. The van der Waals surface area contributed by atoms with Crippen molar-refractivity contribution in [3.05, 3.63) is 51.4 Å². The average molecular weight is 429 g/mol. The van der Waals surface area contributed by atoms with Gasteiger partial charge in [0.2, 0.25) is 0 Å². The summed E-state index contributed by atoms with van der Waals surface area (Å²) in [6, 6.07) is 6.47. The molecule has 0 fully saturated rings. The number of nitrogens with one attached hydrogen (secondary N) is 2. The van der Waals surface area contributed by atoms with E-state index >= 15 is 0 Å². The summed E-state index contributed by atoms with van der Waals surface area (Å²) >= 11 is 1.41. The number of ketones is 1. The summed E-state index contributed by atoms with van der Waals surface area (Å²) in [5.74, 6) is -0.820. The molecular formula is C23H28N2O4S. The molecule has 1 amide bonds. The van der Waals surface area contributed by atoms with E-state index in [0.29, 0.717) is 28.1 Å². The second-order valence-electron chi connectivity index (χ2n) is 8.73. The number of hydrogen-bond acceptors (Lipinski definition) is 6. The molecule has 0 aliphatic carbocycles. The highest BCUT2D eigenvalue weighted by Gasteiger charge is 2.42. The van der Waals surface area contributed by atoms with Crippen LogP contribution in [0.3, 0.4) is 0 Å². The first-order chi connectivity index (χ1) is 13.9. The molecule has 0 unspecified atom stereocenters. The van der Waals surface area contributed by atoms with E-state index in [-0.39, 0.29) is 29.4 Å². The molecular weight excluding hydrogens is 400 g/mol. The topological polar surface area (TPSA) is 84.5 Å². The normalized spacial score (nSPS) is 16.5. The van der Waals surface area contributed by atoms with Crippen LogP contribution >= 0.6 is 11.3 Å². The molecule has 1 aliphatic heterocycles. The summed E-state index contributed by atoms with van der Waals surface area (Å²) in [6.45, 7) is 11.8. The number of fused-ring (bicyclic) bond motifs is 1. The lowest BCUT2D eigenvalue weighted by Crippen LogP contribution is -2.55. The van der Waals surface area contributed by atoms with E-state index in [4.69, 9.17) is 4.74 Å². The summed E-state index contributed by atoms with van der Waals surface area (Å²) < 4.78 is 5.32. The fourth-order valence-electron chi connectivity index (χ4n) is 4.07. The fraction of sp³-hybridized carbons (Fsp3) is 0.435. The molecule has 2 N–H and O–H groups in total. The van der Waals surface area contributed by atoms with Crippen molar-refractivity contribution in [1.82, 2.24) is 5.32 Å². The highest BCUT2D eigenvalue weighted by atomic mass is 32.1. The predicted molar refractivity (Wildman–Crippen MR) is 119 cm³/mol. The van der Waals surface area contributed by atoms with Crippen LogP contribution in [0.25, 0.3) is 0 Å². The SMILES string of the molecule is CCOC(=O)c1c(NC(=O)c2ccc(C(C)=O)cc2)sc2c1CC(C)(C)NC2(C)C. The van der Waals surface area contributed by atoms with Gasteiger partial charge in [0.1, 0.15) is 5.00 Å². The van der Waals surface area contributed by atoms with Gasteiger partial charge in [0.05, 0.1) is 12.2 Å². The van der Waals surface area contributed by atoms with Crippen molar-refractivity contribution < 1.29 is 19.1 Å². The van der Waals surface area contributed by atoms with E-state index in [1.165, 1.54) is 18.3 Å². The Hall–Kier alpha value is -2.51. The molecule has 1 aliphatic rings. The monoisotopic (exact) mass is 428 g/mol. The van der Waals surface area contributed by atoms with E-state index in [2.05, 4.69) is 38.3 Å². The number of amides is 1. The third kappa shape index (κ3) is 4.32. The molecule has 6 nitrogen and oxygen atoms in total. The van der Waals surface area contributed by atoms with Gasteiger partial charge in [-0.05, 0) is 65.7 Å². The Morgan fingerprint density at radius 3 is 2.27 bits per heavy atom. The highest BCUT2D eigenvalue weighted by molar-refractivity contribution is 7.17. The smallest absolute Gasteiger partial charge is 0.341 e. The minimum Gasteiger partial charge on any atom is -0.462 e. The zero-order chi connectivity index (χ0) is 22.3. The van der Waals surface area contributed by atoms with Crippen LogP contribution in [0, 0.1) is 0 Å². The maximum Gasteiger partial charge on any atom is 0.341 e.